The Hall–Kier alpha value is -1.69. The van der Waals surface area contributed by atoms with Gasteiger partial charge >= 0.3 is 0 Å². The van der Waals surface area contributed by atoms with Gasteiger partial charge in [0.1, 0.15) is 6.04 Å². The fraction of sp³-hybridized carbons (Fsp3) is 0.364. The van der Waals surface area contributed by atoms with Gasteiger partial charge in [0.05, 0.1) is 5.75 Å². The third kappa shape index (κ3) is 7.57. The van der Waals surface area contributed by atoms with Gasteiger partial charge in [-0.3, -0.25) is 9.59 Å². The second-order valence-corrected chi connectivity index (χ2v) is 8.45. The molecular formula is C22H26Cl2N2O2S. The number of benzene rings is 2. The third-order valence-corrected chi connectivity index (χ3v) is 5.86. The van der Waals surface area contributed by atoms with Crippen LogP contribution < -0.4 is 5.32 Å². The number of carbonyl (C=O) groups is 2. The highest BCUT2D eigenvalue weighted by Gasteiger charge is 2.28. The van der Waals surface area contributed by atoms with Crippen molar-refractivity contribution in [1.82, 2.24) is 10.2 Å². The summed E-state index contributed by atoms with van der Waals surface area (Å²) in [6.07, 6.45) is 0.546. The van der Waals surface area contributed by atoms with E-state index >= 15 is 0 Å². The summed E-state index contributed by atoms with van der Waals surface area (Å²) in [5.41, 5.74) is 2.00. The first-order chi connectivity index (χ1) is 13.9. The molecule has 0 heterocycles. The predicted octanol–water partition coefficient (Wildman–Crippen LogP) is 5.17. The van der Waals surface area contributed by atoms with E-state index in [-0.39, 0.29) is 17.6 Å². The average Bonchev–Trinajstić information content (AvgIpc) is 2.69. The van der Waals surface area contributed by atoms with Gasteiger partial charge in [-0.2, -0.15) is 0 Å². The molecule has 1 atom stereocenters. The van der Waals surface area contributed by atoms with Gasteiger partial charge in [-0.1, -0.05) is 54.4 Å². The summed E-state index contributed by atoms with van der Waals surface area (Å²) in [5.74, 6) is 0.775. The van der Waals surface area contributed by atoms with Crippen LogP contribution in [0, 0.1) is 0 Å². The second-order valence-electron chi connectivity index (χ2n) is 6.59. The van der Waals surface area contributed by atoms with Crippen LogP contribution in [0.5, 0.6) is 0 Å². The molecule has 0 fully saturated rings. The standard InChI is InChI=1S/C22H26Cl2N2O2S/c1-3-20(22(28)25-4-2)26(13-16-8-10-18(23)11-9-16)21(27)15-29-14-17-6-5-7-19(24)12-17/h5-12,20H,3-4,13-15H2,1-2H3,(H,25,28)/t20-/m1/s1. The summed E-state index contributed by atoms with van der Waals surface area (Å²) >= 11 is 13.5. The van der Waals surface area contributed by atoms with Gasteiger partial charge in [0.25, 0.3) is 0 Å². The van der Waals surface area contributed by atoms with E-state index < -0.39 is 6.04 Å². The molecule has 2 aromatic rings. The molecule has 156 valence electrons. The fourth-order valence-corrected chi connectivity index (χ4v) is 4.16. The normalized spacial score (nSPS) is 11.7. The van der Waals surface area contributed by atoms with Gasteiger partial charge in [-0.05, 0) is 48.7 Å². The first-order valence-electron chi connectivity index (χ1n) is 9.58. The van der Waals surface area contributed by atoms with E-state index in [1.807, 2.05) is 50.2 Å². The Morgan fingerprint density at radius 3 is 2.38 bits per heavy atom. The molecular weight excluding hydrogens is 427 g/mol. The average molecular weight is 453 g/mol. The number of likely N-dealkylation sites (N-methyl/N-ethyl adjacent to an activating group) is 1. The van der Waals surface area contributed by atoms with Crippen LogP contribution in [0.25, 0.3) is 0 Å². The highest BCUT2D eigenvalue weighted by Crippen LogP contribution is 2.20. The van der Waals surface area contributed by atoms with Crippen molar-refractivity contribution in [3.05, 3.63) is 69.7 Å². The maximum absolute atomic E-state index is 13.1. The number of thioether (sulfide) groups is 1. The van der Waals surface area contributed by atoms with E-state index in [0.717, 1.165) is 11.1 Å². The highest BCUT2D eigenvalue weighted by atomic mass is 35.5. The van der Waals surface area contributed by atoms with Crippen molar-refractivity contribution >= 4 is 46.8 Å². The van der Waals surface area contributed by atoms with Crippen LogP contribution in [0.15, 0.2) is 48.5 Å². The van der Waals surface area contributed by atoms with E-state index in [1.54, 1.807) is 17.0 Å². The number of nitrogens with one attached hydrogen (secondary N) is 1. The van der Waals surface area contributed by atoms with Crippen molar-refractivity contribution in [3.63, 3.8) is 0 Å². The zero-order chi connectivity index (χ0) is 21.2. The van der Waals surface area contributed by atoms with E-state index in [2.05, 4.69) is 5.32 Å². The maximum Gasteiger partial charge on any atom is 0.242 e. The fourth-order valence-electron chi connectivity index (χ4n) is 2.96. The third-order valence-electron chi connectivity index (χ3n) is 4.39. The molecule has 0 bridgehead atoms. The quantitative estimate of drug-likeness (QED) is 0.540. The number of nitrogens with zero attached hydrogens (tertiary/aromatic N) is 1. The Kier molecular flexibility index (Phi) is 9.85. The Labute approximate surface area is 187 Å². The van der Waals surface area contributed by atoms with Crippen molar-refractivity contribution in [1.29, 1.82) is 0 Å². The van der Waals surface area contributed by atoms with Crippen molar-refractivity contribution in [3.8, 4) is 0 Å². The van der Waals surface area contributed by atoms with Crippen LogP contribution in [-0.4, -0.2) is 35.1 Å². The zero-order valence-electron chi connectivity index (χ0n) is 16.7. The summed E-state index contributed by atoms with van der Waals surface area (Å²) in [7, 11) is 0. The van der Waals surface area contributed by atoms with Crippen molar-refractivity contribution in [2.45, 2.75) is 38.6 Å². The number of amides is 2. The van der Waals surface area contributed by atoms with Crippen molar-refractivity contribution in [2.24, 2.45) is 0 Å². The summed E-state index contributed by atoms with van der Waals surface area (Å²) < 4.78 is 0. The monoisotopic (exact) mass is 452 g/mol. The number of rotatable bonds is 10. The Balaban J connectivity index is 2.10. The number of carbonyl (C=O) groups excluding carboxylic acids is 2. The minimum Gasteiger partial charge on any atom is -0.355 e. The molecule has 29 heavy (non-hydrogen) atoms. The van der Waals surface area contributed by atoms with Gasteiger partial charge in [0.15, 0.2) is 0 Å². The Morgan fingerprint density at radius 1 is 1.03 bits per heavy atom. The molecule has 2 aromatic carbocycles. The topological polar surface area (TPSA) is 49.4 Å². The Morgan fingerprint density at radius 2 is 1.76 bits per heavy atom. The number of hydrogen-bond acceptors (Lipinski definition) is 3. The van der Waals surface area contributed by atoms with Crippen molar-refractivity contribution in [2.75, 3.05) is 12.3 Å². The molecule has 4 nitrogen and oxygen atoms in total. The summed E-state index contributed by atoms with van der Waals surface area (Å²) in [6.45, 7) is 4.68. The molecule has 0 aromatic heterocycles. The molecule has 0 aliphatic heterocycles. The maximum atomic E-state index is 13.1. The first-order valence-corrected chi connectivity index (χ1v) is 11.5. The largest absolute Gasteiger partial charge is 0.355 e. The van der Waals surface area contributed by atoms with E-state index in [0.29, 0.717) is 35.3 Å². The molecule has 0 saturated carbocycles. The van der Waals surface area contributed by atoms with Crippen LogP contribution >= 0.6 is 35.0 Å². The summed E-state index contributed by atoms with van der Waals surface area (Å²) in [5, 5.41) is 4.16. The predicted molar refractivity (Wildman–Crippen MR) is 122 cm³/mol. The minimum absolute atomic E-state index is 0.0647. The summed E-state index contributed by atoms with van der Waals surface area (Å²) in [6, 6.07) is 14.4. The lowest BCUT2D eigenvalue weighted by Gasteiger charge is -2.30. The molecule has 0 radical (unpaired) electrons. The molecule has 1 N–H and O–H groups in total. The molecule has 0 aliphatic rings. The highest BCUT2D eigenvalue weighted by molar-refractivity contribution is 7.99. The zero-order valence-corrected chi connectivity index (χ0v) is 19.0. The van der Waals surface area contributed by atoms with Crippen LogP contribution in [0.1, 0.15) is 31.4 Å². The summed E-state index contributed by atoms with van der Waals surface area (Å²) in [4.78, 5) is 27.3. The molecule has 2 rings (SSSR count). The lowest BCUT2D eigenvalue weighted by atomic mass is 10.1. The lowest BCUT2D eigenvalue weighted by molar-refractivity contribution is -0.139. The van der Waals surface area contributed by atoms with E-state index in [4.69, 9.17) is 23.2 Å². The molecule has 2 amide bonds. The minimum atomic E-state index is -0.509. The van der Waals surface area contributed by atoms with Gasteiger partial charge in [0.2, 0.25) is 11.8 Å². The van der Waals surface area contributed by atoms with Gasteiger partial charge in [-0.15, -0.1) is 11.8 Å². The number of hydrogen-bond donors (Lipinski definition) is 1. The van der Waals surface area contributed by atoms with Gasteiger partial charge in [0, 0.05) is 28.9 Å². The second kappa shape index (κ2) is 12.1. The molecule has 0 spiro atoms. The molecule has 0 unspecified atom stereocenters. The number of halogens is 2. The van der Waals surface area contributed by atoms with Gasteiger partial charge in [-0.25, -0.2) is 0 Å². The first kappa shape index (κ1) is 23.6. The van der Waals surface area contributed by atoms with Crippen LogP contribution in [0.3, 0.4) is 0 Å². The Bertz CT molecular complexity index is 815. The molecule has 0 saturated heterocycles. The van der Waals surface area contributed by atoms with E-state index in [1.165, 1.54) is 11.8 Å². The smallest absolute Gasteiger partial charge is 0.242 e. The molecule has 0 aliphatic carbocycles. The van der Waals surface area contributed by atoms with Crippen LogP contribution in [0.4, 0.5) is 0 Å². The van der Waals surface area contributed by atoms with Gasteiger partial charge < -0.3 is 10.2 Å². The lowest BCUT2D eigenvalue weighted by Crippen LogP contribution is -2.49. The van der Waals surface area contributed by atoms with Crippen molar-refractivity contribution < 1.29 is 9.59 Å². The van der Waals surface area contributed by atoms with Crippen LogP contribution in [0.2, 0.25) is 10.0 Å². The van der Waals surface area contributed by atoms with Crippen LogP contribution in [-0.2, 0) is 21.9 Å². The van der Waals surface area contributed by atoms with E-state index in [9.17, 15) is 9.59 Å². The SMILES string of the molecule is CCNC(=O)[C@@H](CC)N(Cc1ccc(Cl)cc1)C(=O)CSCc1cccc(Cl)c1. The molecule has 7 heteroatoms.